The van der Waals surface area contributed by atoms with Crippen molar-refractivity contribution in [3.05, 3.63) is 29.3 Å². The van der Waals surface area contributed by atoms with E-state index in [-0.39, 0.29) is 5.92 Å². The van der Waals surface area contributed by atoms with Crippen LogP contribution in [0.15, 0.2) is 18.2 Å². The van der Waals surface area contributed by atoms with Crippen molar-refractivity contribution in [3.8, 4) is 0 Å². The van der Waals surface area contributed by atoms with Crippen LogP contribution >= 0.6 is 0 Å². The molecular weight excluding hydrogens is 302 g/mol. The van der Waals surface area contributed by atoms with Gasteiger partial charge >= 0.3 is 0 Å². The average molecular weight is 331 g/mol. The lowest BCUT2D eigenvalue weighted by molar-refractivity contribution is -0.268. The first-order chi connectivity index (χ1) is 11.6. The van der Waals surface area contributed by atoms with Crippen LogP contribution in [0, 0.1) is 0 Å². The van der Waals surface area contributed by atoms with E-state index in [4.69, 9.17) is 9.47 Å². The molecule has 4 rings (SSSR count). The molecule has 1 aromatic rings. The highest BCUT2D eigenvalue weighted by Gasteiger charge is 2.59. The predicted octanol–water partition coefficient (Wildman–Crippen LogP) is 3.52. The second kappa shape index (κ2) is 6.01. The molecule has 2 fully saturated rings. The topological polar surface area (TPSA) is 41.9 Å². The maximum absolute atomic E-state index is 11.4. The molecule has 2 aliphatic carbocycles. The predicted molar refractivity (Wildman–Crippen MR) is 94.4 cm³/mol. The van der Waals surface area contributed by atoms with E-state index in [0.29, 0.717) is 0 Å². The van der Waals surface area contributed by atoms with Crippen LogP contribution in [0.2, 0.25) is 0 Å². The number of aliphatic hydroxyl groups is 1. The lowest BCUT2D eigenvalue weighted by Gasteiger charge is -2.56. The first-order valence-corrected chi connectivity index (χ1v) is 9.52. The normalized spacial score (nSPS) is 30.9. The summed E-state index contributed by atoms with van der Waals surface area (Å²) in [5, 5.41) is 11.4. The molecule has 2 atom stereocenters. The smallest absolute Gasteiger partial charge is 0.169 e. The van der Waals surface area contributed by atoms with Crippen LogP contribution in [0.5, 0.6) is 0 Å². The minimum atomic E-state index is -0.710. The summed E-state index contributed by atoms with van der Waals surface area (Å²) in [6.45, 7) is 7.82. The monoisotopic (exact) mass is 331 g/mol. The van der Waals surface area contributed by atoms with Crippen molar-refractivity contribution in [2.24, 2.45) is 0 Å². The van der Waals surface area contributed by atoms with Gasteiger partial charge in [-0.1, -0.05) is 12.1 Å². The molecule has 1 N–H and O–H groups in total. The van der Waals surface area contributed by atoms with Crippen molar-refractivity contribution >= 4 is 5.69 Å². The molecule has 1 spiro atoms. The molecule has 4 nitrogen and oxygen atoms in total. The van der Waals surface area contributed by atoms with Crippen LogP contribution in [-0.4, -0.2) is 37.2 Å². The van der Waals surface area contributed by atoms with E-state index in [1.54, 1.807) is 0 Å². The van der Waals surface area contributed by atoms with Crippen molar-refractivity contribution in [3.63, 3.8) is 0 Å². The van der Waals surface area contributed by atoms with Gasteiger partial charge in [0, 0.05) is 43.1 Å². The van der Waals surface area contributed by atoms with Gasteiger partial charge in [-0.15, -0.1) is 0 Å². The number of fused-ring (bicyclic) bond motifs is 4. The lowest BCUT2D eigenvalue weighted by atomic mass is 9.56. The number of nitrogens with zero attached hydrogens (tertiary/aromatic N) is 1. The second-order valence-corrected chi connectivity index (χ2v) is 7.41. The number of benzene rings is 1. The largest absolute Gasteiger partial charge is 0.384 e. The van der Waals surface area contributed by atoms with E-state index in [0.717, 1.165) is 64.0 Å². The molecule has 4 heteroatoms. The van der Waals surface area contributed by atoms with Gasteiger partial charge in [-0.3, -0.25) is 0 Å². The fourth-order valence-corrected chi connectivity index (χ4v) is 4.90. The molecule has 3 aliphatic rings. The molecule has 0 amide bonds. The highest BCUT2D eigenvalue weighted by molar-refractivity contribution is 5.66. The van der Waals surface area contributed by atoms with Crippen molar-refractivity contribution in [2.75, 3.05) is 31.2 Å². The van der Waals surface area contributed by atoms with Gasteiger partial charge in [0.05, 0.1) is 18.8 Å². The summed E-state index contributed by atoms with van der Waals surface area (Å²) in [5.41, 5.74) is 2.94. The Kier molecular flexibility index (Phi) is 4.10. The van der Waals surface area contributed by atoms with Gasteiger partial charge in [0.15, 0.2) is 5.79 Å². The summed E-state index contributed by atoms with van der Waals surface area (Å²) >= 11 is 0. The number of rotatable bonds is 3. The van der Waals surface area contributed by atoms with Gasteiger partial charge < -0.3 is 19.5 Å². The Labute approximate surface area is 144 Å². The number of ether oxygens (including phenoxy) is 2. The van der Waals surface area contributed by atoms with E-state index >= 15 is 0 Å². The number of hydrogen-bond acceptors (Lipinski definition) is 4. The summed E-state index contributed by atoms with van der Waals surface area (Å²) in [6.07, 6.45) is 4.42. The summed E-state index contributed by atoms with van der Waals surface area (Å²) in [6, 6.07) is 6.46. The molecular formula is C20H29NO3. The van der Waals surface area contributed by atoms with Crippen LogP contribution in [-0.2, 0) is 15.1 Å². The van der Waals surface area contributed by atoms with Gasteiger partial charge in [0.25, 0.3) is 0 Å². The third kappa shape index (κ3) is 2.31. The Balaban J connectivity index is 1.67. The Hall–Kier alpha value is -1.10. The molecule has 1 heterocycles. The first-order valence-electron chi connectivity index (χ1n) is 9.52. The zero-order chi connectivity index (χ0) is 16.8. The first kappa shape index (κ1) is 16.4. The second-order valence-electron chi connectivity index (χ2n) is 7.41. The minimum absolute atomic E-state index is 0.134. The highest BCUT2D eigenvalue weighted by atomic mass is 16.7. The highest BCUT2D eigenvalue weighted by Crippen LogP contribution is 2.62. The van der Waals surface area contributed by atoms with Crippen molar-refractivity contribution in [2.45, 2.75) is 63.3 Å². The summed E-state index contributed by atoms with van der Waals surface area (Å²) in [4.78, 5) is 2.34. The average Bonchev–Trinajstić information content (AvgIpc) is 2.84. The number of anilines is 1. The van der Waals surface area contributed by atoms with E-state index in [1.807, 2.05) is 0 Å². The molecule has 1 aliphatic heterocycles. The van der Waals surface area contributed by atoms with Crippen molar-refractivity contribution in [1.82, 2.24) is 0 Å². The molecule has 0 aromatic heterocycles. The Morgan fingerprint density at radius 1 is 1.12 bits per heavy atom. The van der Waals surface area contributed by atoms with Crippen molar-refractivity contribution in [1.29, 1.82) is 0 Å². The van der Waals surface area contributed by atoms with Crippen LogP contribution in [0.4, 0.5) is 5.69 Å². The molecule has 24 heavy (non-hydrogen) atoms. The SMILES string of the molecule is CCN(CC)c1cccc2c1C1(O)CCC3(CC21)OCCCCO3. The zero-order valence-electron chi connectivity index (χ0n) is 14.9. The molecule has 0 bridgehead atoms. The molecule has 1 aromatic carbocycles. The van der Waals surface area contributed by atoms with Gasteiger partial charge in [0.1, 0.15) is 0 Å². The number of hydrogen-bond donors (Lipinski definition) is 1. The maximum Gasteiger partial charge on any atom is 0.169 e. The molecule has 1 saturated carbocycles. The Morgan fingerprint density at radius 2 is 1.83 bits per heavy atom. The summed E-state index contributed by atoms with van der Waals surface area (Å²) < 4.78 is 12.2. The van der Waals surface area contributed by atoms with Gasteiger partial charge in [-0.2, -0.15) is 0 Å². The van der Waals surface area contributed by atoms with Gasteiger partial charge in [-0.25, -0.2) is 0 Å². The van der Waals surface area contributed by atoms with Crippen LogP contribution in [0.1, 0.15) is 63.0 Å². The molecule has 0 radical (unpaired) electrons. The van der Waals surface area contributed by atoms with E-state index in [9.17, 15) is 5.11 Å². The van der Waals surface area contributed by atoms with Crippen LogP contribution in [0.25, 0.3) is 0 Å². The third-order valence-corrected chi connectivity index (χ3v) is 6.23. The molecule has 2 unspecified atom stereocenters. The molecule has 1 saturated heterocycles. The third-order valence-electron chi connectivity index (χ3n) is 6.23. The standard InChI is InChI=1S/C20H29NO3/c1-3-21(4-2)17-9-7-8-15-16-14-19(23-12-5-6-13-24-19)10-11-20(16,22)18(15)17/h7-9,16,22H,3-6,10-14H2,1-2H3. The quantitative estimate of drug-likeness (QED) is 0.920. The van der Waals surface area contributed by atoms with E-state index in [2.05, 4.69) is 36.9 Å². The fourth-order valence-electron chi connectivity index (χ4n) is 4.90. The maximum atomic E-state index is 11.4. The molecule has 132 valence electrons. The Morgan fingerprint density at radius 3 is 2.50 bits per heavy atom. The minimum Gasteiger partial charge on any atom is -0.384 e. The zero-order valence-corrected chi connectivity index (χ0v) is 14.9. The van der Waals surface area contributed by atoms with E-state index < -0.39 is 11.4 Å². The van der Waals surface area contributed by atoms with Crippen LogP contribution < -0.4 is 4.90 Å². The summed E-state index contributed by atoms with van der Waals surface area (Å²) in [5.74, 6) is -0.342. The fraction of sp³-hybridized carbons (Fsp3) is 0.700. The van der Waals surface area contributed by atoms with Crippen LogP contribution in [0.3, 0.4) is 0 Å². The summed E-state index contributed by atoms with van der Waals surface area (Å²) in [7, 11) is 0. The van der Waals surface area contributed by atoms with Gasteiger partial charge in [-0.05, 0) is 44.7 Å². The Bertz CT molecular complexity index is 605. The van der Waals surface area contributed by atoms with Gasteiger partial charge in [0.2, 0.25) is 0 Å². The lowest BCUT2D eigenvalue weighted by Crippen LogP contribution is -2.55. The van der Waals surface area contributed by atoms with E-state index in [1.165, 1.54) is 11.3 Å². The van der Waals surface area contributed by atoms with Crippen molar-refractivity contribution < 1.29 is 14.6 Å².